The van der Waals surface area contributed by atoms with Gasteiger partial charge in [0.1, 0.15) is 11.3 Å². The van der Waals surface area contributed by atoms with E-state index < -0.39 is 5.60 Å². The maximum atomic E-state index is 13.5. The summed E-state index contributed by atoms with van der Waals surface area (Å²) in [4.78, 5) is 37.0. The van der Waals surface area contributed by atoms with Gasteiger partial charge < -0.3 is 19.9 Å². The molecule has 1 saturated heterocycles. The molecule has 2 aliphatic rings. The Morgan fingerprint density at radius 2 is 1.87 bits per heavy atom. The molecule has 6 rings (SSSR count). The zero-order valence-electron chi connectivity index (χ0n) is 26.5. The third-order valence-corrected chi connectivity index (χ3v) is 8.11. The predicted octanol–water partition coefficient (Wildman–Crippen LogP) is 5.38. The first-order valence-electron chi connectivity index (χ1n) is 15.8. The molecule has 0 unspecified atom stereocenters. The summed E-state index contributed by atoms with van der Waals surface area (Å²) in [7, 11) is 0. The van der Waals surface area contributed by atoms with Gasteiger partial charge in [-0.15, -0.1) is 0 Å². The number of aromatic nitrogens is 5. The predicted molar refractivity (Wildman–Crippen MR) is 172 cm³/mol. The van der Waals surface area contributed by atoms with Crippen LogP contribution in [0.1, 0.15) is 79.5 Å². The Morgan fingerprint density at radius 1 is 1.02 bits per heavy atom. The highest BCUT2D eigenvalue weighted by molar-refractivity contribution is 6.03. The average molecular weight is 611 g/mol. The molecular formula is C34H42N8O3. The van der Waals surface area contributed by atoms with E-state index in [-0.39, 0.29) is 18.0 Å². The number of benzene rings is 1. The molecule has 11 nitrogen and oxygen atoms in total. The average Bonchev–Trinajstić information content (AvgIpc) is 3.63. The van der Waals surface area contributed by atoms with Crippen molar-refractivity contribution in [2.75, 3.05) is 18.4 Å². The number of hydrogen-bond donors (Lipinski definition) is 2. The number of anilines is 1. The summed E-state index contributed by atoms with van der Waals surface area (Å²) in [6, 6.07) is 9.71. The van der Waals surface area contributed by atoms with Crippen molar-refractivity contribution in [3.8, 4) is 11.4 Å². The maximum Gasteiger partial charge on any atom is 0.407 e. The van der Waals surface area contributed by atoms with Gasteiger partial charge in [-0.1, -0.05) is 0 Å². The lowest BCUT2D eigenvalue weighted by molar-refractivity contribution is 0.0470. The van der Waals surface area contributed by atoms with Gasteiger partial charge in [0.15, 0.2) is 0 Å². The number of rotatable bonds is 7. The number of piperidine rings is 1. The fraction of sp³-hybridized carbons (Fsp3) is 0.441. The van der Waals surface area contributed by atoms with Gasteiger partial charge in [-0.25, -0.2) is 14.5 Å². The lowest BCUT2D eigenvalue weighted by Gasteiger charge is -2.33. The minimum Gasteiger partial charge on any atom is -0.444 e. The Labute approximate surface area is 264 Å². The molecule has 3 aromatic heterocycles. The largest absolute Gasteiger partial charge is 0.444 e. The fourth-order valence-electron chi connectivity index (χ4n) is 6.08. The first-order chi connectivity index (χ1) is 21.6. The highest BCUT2D eigenvalue weighted by Gasteiger charge is 2.25. The zero-order chi connectivity index (χ0) is 31.6. The third kappa shape index (κ3) is 7.78. The number of aryl methyl sites for hydroxylation is 3. The van der Waals surface area contributed by atoms with Crippen LogP contribution in [0.25, 0.3) is 11.4 Å². The Bertz CT molecular complexity index is 1660. The molecule has 11 heteroatoms. The Balaban J connectivity index is 1.19. The minimum absolute atomic E-state index is 0.00550. The van der Waals surface area contributed by atoms with Gasteiger partial charge in [-0.05, 0) is 114 Å². The number of nitrogens with one attached hydrogen (secondary N) is 2. The van der Waals surface area contributed by atoms with Crippen LogP contribution in [0.2, 0.25) is 0 Å². The highest BCUT2D eigenvalue weighted by atomic mass is 16.6. The summed E-state index contributed by atoms with van der Waals surface area (Å²) in [5, 5.41) is 10.9. The van der Waals surface area contributed by atoms with E-state index in [2.05, 4.69) is 37.8 Å². The minimum atomic E-state index is -0.541. The second-order valence-corrected chi connectivity index (χ2v) is 13.1. The number of pyridine rings is 1. The summed E-state index contributed by atoms with van der Waals surface area (Å²) in [6.07, 6.45) is 13.3. The summed E-state index contributed by atoms with van der Waals surface area (Å²) in [5.74, 6) is -0.293. The lowest BCUT2D eigenvalue weighted by atomic mass is 9.99. The molecule has 4 aromatic rings. The zero-order valence-corrected chi connectivity index (χ0v) is 26.5. The number of carbonyl (C=O) groups excluding carboxylic acids is 2. The number of likely N-dealkylation sites (tertiary alicyclic amines) is 1. The molecule has 1 aliphatic carbocycles. The first kappa shape index (κ1) is 30.5. The number of fused-ring (bicyclic) bond motifs is 1. The Morgan fingerprint density at radius 3 is 2.64 bits per heavy atom. The summed E-state index contributed by atoms with van der Waals surface area (Å²) < 4.78 is 9.29. The molecule has 1 atom stereocenters. The molecular weight excluding hydrogens is 568 g/mol. The lowest BCUT2D eigenvalue weighted by Crippen LogP contribution is -2.48. The van der Waals surface area contributed by atoms with E-state index in [0.29, 0.717) is 24.5 Å². The van der Waals surface area contributed by atoms with Crippen LogP contribution in [-0.4, -0.2) is 65.9 Å². The van der Waals surface area contributed by atoms with Crippen molar-refractivity contribution in [2.24, 2.45) is 0 Å². The van der Waals surface area contributed by atoms with Crippen molar-refractivity contribution in [2.45, 2.75) is 84.4 Å². The molecule has 1 aliphatic heterocycles. The van der Waals surface area contributed by atoms with Crippen LogP contribution in [0, 0.1) is 6.92 Å². The molecule has 1 aromatic carbocycles. The number of imidazole rings is 1. The van der Waals surface area contributed by atoms with Crippen LogP contribution in [-0.2, 0) is 24.1 Å². The number of alkyl carbamates (subject to hydrolysis) is 1. The SMILES string of the molecule is Cc1cn(-c2cc(CN3CCC[C@H](NC(=O)OC(C)(C)C)C3)cc(NC(=O)c3cc(-n4cc5c(n4)CCCC5)ccn3)c2)cn1. The number of hydrogen-bond acceptors (Lipinski definition) is 7. The first-order valence-corrected chi connectivity index (χ1v) is 15.8. The molecule has 0 saturated carbocycles. The van der Waals surface area contributed by atoms with Crippen LogP contribution < -0.4 is 10.6 Å². The molecule has 0 radical (unpaired) electrons. The van der Waals surface area contributed by atoms with E-state index in [0.717, 1.165) is 67.0 Å². The molecule has 4 heterocycles. The van der Waals surface area contributed by atoms with E-state index in [4.69, 9.17) is 9.84 Å². The fourth-order valence-corrected chi connectivity index (χ4v) is 6.08. The topological polar surface area (TPSA) is 119 Å². The van der Waals surface area contributed by atoms with Crippen molar-refractivity contribution in [3.63, 3.8) is 0 Å². The molecule has 2 amide bonds. The summed E-state index contributed by atoms with van der Waals surface area (Å²) in [5.41, 5.74) is 6.52. The van der Waals surface area contributed by atoms with Gasteiger partial charge in [0, 0.05) is 49.1 Å². The Kier molecular flexibility index (Phi) is 8.71. The van der Waals surface area contributed by atoms with E-state index in [1.165, 1.54) is 12.0 Å². The van der Waals surface area contributed by atoms with Crippen LogP contribution in [0.4, 0.5) is 10.5 Å². The Hall–Kier alpha value is -4.51. The quantitative estimate of drug-likeness (QED) is 0.288. The smallest absolute Gasteiger partial charge is 0.407 e. The van der Waals surface area contributed by atoms with Gasteiger partial charge in [0.2, 0.25) is 0 Å². The molecule has 236 valence electrons. The molecule has 1 fully saturated rings. The van der Waals surface area contributed by atoms with E-state index in [9.17, 15) is 9.59 Å². The van der Waals surface area contributed by atoms with E-state index >= 15 is 0 Å². The normalized spacial score (nSPS) is 17.0. The van der Waals surface area contributed by atoms with E-state index in [1.807, 2.05) is 61.3 Å². The number of amides is 2. The van der Waals surface area contributed by atoms with Gasteiger partial charge in [-0.3, -0.25) is 14.7 Å². The van der Waals surface area contributed by atoms with Crippen LogP contribution in [0.3, 0.4) is 0 Å². The van der Waals surface area contributed by atoms with Crippen LogP contribution >= 0.6 is 0 Å². The molecule has 45 heavy (non-hydrogen) atoms. The maximum absolute atomic E-state index is 13.5. The second kappa shape index (κ2) is 12.8. The summed E-state index contributed by atoms with van der Waals surface area (Å²) in [6.45, 7) is 9.83. The van der Waals surface area contributed by atoms with Gasteiger partial charge in [0.05, 0.1) is 23.4 Å². The molecule has 0 bridgehead atoms. The number of ether oxygens (including phenoxy) is 1. The van der Waals surface area contributed by atoms with Crippen molar-refractivity contribution in [1.29, 1.82) is 0 Å². The van der Waals surface area contributed by atoms with Crippen molar-refractivity contribution in [3.05, 3.63) is 83.5 Å². The van der Waals surface area contributed by atoms with Crippen molar-refractivity contribution < 1.29 is 14.3 Å². The van der Waals surface area contributed by atoms with Crippen molar-refractivity contribution >= 4 is 17.7 Å². The van der Waals surface area contributed by atoms with Crippen LogP contribution in [0.15, 0.2) is 55.2 Å². The van der Waals surface area contributed by atoms with E-state index in [1.54, 1.807) is 18.6 Å². The standard InChI is InChI=1S/C34H42N8O3/c1-23-18-41(22-36-23)29-15-24(19-40-13-7-9-26(21-40)38-33(44)45-34(2,3)4)14-27(16-29)37-32(43)31-17-28(11-12-35-31)42-20-25-8-5-6-10-30(25)39-42/h11-12,14-18,20,22,26H,5-10,13,19,21H2,1-4H3,(H,37,43)(H,38,44)/t26-/m0/s1. The van der Waals surface area contributed by atoms with Gasteiger partial charge in [0.25, 0.3) is 5.91 Å². The monoisotopic (exact) mass is 610 g/mol. The second-order valence-electron chi connectivity index (χ2n) is 13.1. The van der Waals surface area contributed by atoms with Gasteiger partial charge in [-0.2, -0.15) is 5.10 Å². The number of carbonyl (C=O) groups is 2. The van der Waals surface area contributed by atoms with Gasteiger partial charge >= 0.3 is 6.09 Å². The van der Waals surface area contributed by atoms with Crippen LogP contribution in [0.5, 0.6) is 0 Å². The molecule has 2 N–H and O–H groups in total. The molecule has 0 spiro atoms. The highest BCUT2D eigenvalue weighted by Crippen LogP contribution is 2.24. The summed E-state index contributed by atoms with van der Waals surface area (Å²) >= 11 is 0. The van der Waals surface area contributed by atoms with Crippen molar-refractivity contribution in [1.82, 2.24) is 34.5 Å². The number of nitrogens with zero attached hydrogens (tertiary/aromatic N) is 6. The third-order valence-electron chi connectivity index (χ3n) is 8.11.